The number of hydrogen-bond acceptors (Lipinski definition) is 6. The van der Waals surface area contributed by atoms with E-state index in [-0.39, 0.29) is 46.3 Å². The van der Waals surface area contributed by atoms with Gasteiger partial charge in [-0.3, -0.25) is 0 Å². The van der Waals surface area contributed by atoms with E-state index >= 15 is 0 Å². The summed E-state index contributed by atoms with van der Waals surface area (Å²) in [6.07, 6.45) is 0.113. The maximum Gasteiger partial charge on any atom is 0.127 e. The lowest BCUT2D eigenvalue weighted by Gasteiger charge is -2.23. The van der Waals surface area contributed by atoms with Crippen LogP contribution in [0.5, 0.6) is 34.5 Å². The van der Waals surface area contributed by atoms with Gasteiger partial charge in [0.05, 0.1) is 7.11 Å². The van der Waals surface area contributed by atoms with Gasteiger partial charge >= 0.3 is 0 Å². The third-order valence-electron chi connectivity index (χ3n) is 5.89. The van der Waals surface area contributed by atoms with Gasteiger partial charge in [-0.15, -0.1) is 0 Å². The first-order valence-electron chi connectivity index (χ1n) is 10.3. The molecule has 0 spiro atoms. The molecule has 0 aliphatic rings. The van der Waals surface area contributed by atoms with Crippen LogP contribution in [0.2, 0.25) is 0 Å². The van der Waals surface area contributed by atoms with Gasteiger partial charge in [-0.2, -0.15) is 0 Å². The summed E-state index contributed by atoms with van der Waals surface area (Å²) in [5, 5.41) is 53.2. The Balaban J connectivity index is 2.23. The van der Waals surface area contributed by atoms with Crippen LogP contribution in [0.4, 0.5) is 0 Å². The highest BCUT2D eigenvalue weighted by molar-refractivity contribution is 5.81. The number of benzene rings is 3. The second-order valence-corrected chi connectivity index (χ2v) is 9.15. The first-order valence-corrected chi connectivity index (χ1v) is 10.3. The van der Waals surface area contributed by atoms with Gasteiger partial charge in [-0.25, -0.2) is 0 Å². The predicted molar refractivity (Wildman–Crippen MR) is 124 cm³/mol. The SMILES string of the molecule is COc1cc(Cc2cc(O)c(C)c(C)c2O)c(O)c(-c2cc(O)cc(C(C)(C)C)c2O)c1. The lowest BCUT2D eigenvalue weighted by atomic mass is 9.83. The minimum atomic E-state index is -0.447. The third-order valence-corrected chi connectivity index (χ3v) is 5.89. The van der Waals surface area contributed by atoms with Crippen molar-refractivity contribution in [2.45, 2.75) is 46.5 Å². The number of hydrogen-bond donors (Lipinski definition) is 5. The van der Waals surface area contributed by atoms with E-state index in [9.17, 15) is 25.5 Å². The van der Waals surface area contributed by atoms with Crippen molar-refractivity contribution in [3.8, 4) is 45.6 Å². The largest absolute Gasteiger partial charge is 0.508 e. The van der Waals surface area contributed by atoms with Gasteiger partial charge in [-0.1, -0.05) is 20.8 Å². The molecule has 0 saturated heterocycles. The van der Waals surface area contributed by atoms with E-state index in [4.69, 9.17) is 4.74 Å². The molecule has 0 heterocycles. The molecule has 6 nitrogen and oxygen atoms in total. The number of phenols is 5. The summed E-state index contributed by atoms with van der Waals surface area (Å²) in [6, 6.07) is 7.58. The summed E-state index contributed by atoms with van der Waals surface area (Å²) in [6.45, 7) is 9.17. The highest BCUT2D eigenvalue weighted by atomic mass is 16.5. The Bertz CT molecular complexity index is 1190. The van der Waals surface area contributed by atoms with E-state index in [2.05, 4.69) is 0 Å². The average Bonchev–Trinajstić information content (AvgIpc) is 2.72. The predicted octanol–water partition coefficient (Wildman–Crippen LogP) is 5.40. The standard InChI is InChI=1S/C26H30O6/c1-13-14(2)23(29)16(9-22(13)28)7-15-8-18(32-6)12-20(24(15)30)19-10-17(27)11-21(25(19)31)26(3,4)5/h8-12,27-31H,7H2,1-6H3. The first kappa shape index (κ1) is 23.1. The molecule has 0 aromatic heterocycles. The molecule has 32 heavy (non-hydrogen) atoms. The molecular weight excluding hydrogens is 408 g/mol. The maximum atomic E-state index is 11.1. The van der Waals surface area contributed by atoms with Crippen molar-refractivity contribution in [1.29, 1.82) is 0 Å². The number of aromatic hydroxyl groups is 5. The minimum absolute atomic E-state index is 0.0387. The van der Waals surface area contributed by atoms with Gasteiger partial charge in [0.15, 0.2) is 0 Å². The molecule has 3 aromatic carbocycles. The Morgan fingerprint density at radius 3 is 1.91 bits per heavy atom. The van der Waals surface area contributed by atoms with E-state index in [0.717, 1.165) is 0 Å². The van der Waals surface area contributed by atoms with Crippen LogP contribution in [0.25, 0.3) is 11.1 Å². The number of methoxy groups -OCH3 is 1. The van der Waals surface area contributed by atoms with E-state index in [1.54, 1.807) is 26.0 Å². The van der Waals surface area contributed by atoms with Crippen molar-refractivity contribution < 1.29 is 30.3 Å². The van der Waals surface area contributed by atoms with Crippen LogP contribution in [0.3, 0.4) is 0 Å². The molecule has 170 valence electrons. The molecule has 0 radical (unpaired) electrons. The van der Waals surface area contributed by atoms with Crippen molar-refractivity contribution in [1.82, 2.24) is 0 Å². The average molecular weight is 439 g/mol. The fraction of sp³-hybridized carbons (Fsp3) is 0.308. The Labute approximate surface area is 188 Å². The van der Waals surface area contributed by atoms with Gasteiger partial charge in [0.1, 0.15) is 34.5 Å². The second-order valence-electron chi connectivity index (χ2n) is 9.15. The summed E-state index contributed by atoms with van der Waals surface area (Å²) in [5.41, 5.74) is 2.65. The molecule has 0 amide bonds. The monoisotopic (exact) mass is 438 g/mol. The minimum Gasteiger partial charge on any atom is -0.508 e. The van der Waals surface area contributed by atoms with Gasteiger partial charge < -0.3 is 30.3 Å². The molecule has 6 heteroatoms. The van der Waals surface area contributed by atoms with Crippen LogP contribution in [-0.2, 0) is 11.8 Å². The molecule has 0 aliphatic carbocycles. The molecule has 3 rings (SSSR count). The van der Waals surface area contributed by atoms with Crippen LogP contribution in [0, 0.1) is 13.8 Å². The highest BCUT2D eigenvalue weighted by Crippen LogP contribution is 2.46. The number of ether oxygens (including phenoxy) is 1. The summed E-state index contributed by atoms with van der Waals surface area (Å²) in [5.74, 6) is 0.321. The van der Waals surface area contributed by atoms with Crippen LogP contribution in [-0.4, -0.2) is 32.6 Å². The third kappa shape index (κ3) is 4.13. The Morgan fingerprint density at radius 2 is 1.31 bits per heavy atom. The smallest absolute Gasteiger partial charge is 0.127 e. The second kappa shape index (κ2) is 8.19. The summed E-state index contributed by atoms with van der Waals surface area (Å²) < 4.78 is 5.41. The Hall–Kier alpha value is -3.54. The molecule has 3 aromatic rings. The van der Waals surface area contributed by atoms with Crippen molar-refractivity contribution >= 4 is 0 Å². The zero-order chi connectivity index (χ0) is 24.0. The molecule has 0 fully saturated rings. The fourth-order valence-electron chi connectivity index (χ4n) is 3.81. The lowest BCUT2D eigenvalue weighted by Crippen LogP contribution is -2.11. The molecule has 0 aliphatic heterocycles. The maximum absolute atomic E-state index is 11.1. The molecule has 0 unspecified atom stereocenters. The summed E-state index contributed by atoms with van der Waals surface area (Å²) in [7, 11) is 1.49. The molecule has 5 N–H and O–H groups in total. The molecule has 0 saturated carbocycles. The highest BCUT2D eigenvalue weighted by Gasteiger charge is 2.25. The van der Waals surface area contributed by atoms with Crippen LogP contribution in [0.15, 0.2) is 30.3 Å². The van der Waals surface area contributed by atoms with E-state index < -0.39 is 5.41 Å². The Kier molecular flexibility index (Phi) is 5.92. The van der Waals surface area contributed by atoms with Gasteiger partial charge in [-0.05, 0) is 60.7 Å². The van der Waals surface area contributed by atoms with E-state index in [1.807, 2.05) is 20.8 Å². The van der Waals surface area contributed by atoms with Crippen molar-refractivity contribution in [2.24, 2.45) is 0 Å². The fourth-order valence-corrected chi connectivity index (χ4v) is 3.81. The summed E-state index contributed by atoms with van der Waals surface area (Å²) in [4.78, 5) is 0. The molecular formula is C26H30O6. The molecule has 0 atom stereocenters. The number of phenolic OH excluding ortho intramolecular Hbond substituents is 5. The van der Waals surface area contributed by atoms with Crippen molar-refractivity contribution in [3.63, 3.8) is 0 Å². The topological polar surface area (TPSA) is 110 Å². The first-order chi connectivity index (χ1) is 14.8. The van der Waals surface area contributed by atoms with Crippen LogP contribution >= 0.6 is 0 Å². The van der Waals surface area contributed by atoms with Gasteiger partial charge in [0, 0.05) is 34.2 Å². The lowest BCUT2D eigenvalue weighted by molar-refractivity contribution is 0.411. The van der Waals surface area contributed by atoms with E-state index in [0.29, 0.717) is 33.6 Å². The normalized spacial score (nSPS) is 11.6. The van der Waals surface area contributed by atoms with E-state index in [1.165, 1.54) is 25.3 Å². The van der Waals surface area contributed by atoms with Gasteiger partial charge in [0.2, 0.25) is 0 Å². The summed E-state index contributed by atoms with van der Waals surface area (Å²) >= 11 is 0. The Morgan fingerprint density at radius 1 is 0.719 bits per heavy atom. The van der Waals surface area contributed by atoms with Crippen molar-refractivity contribution in [2.75, 3.05) is 7.11 Å². The zero-order valence-electron chi connectivity index (χ0n) is 19.2. The van der Waals surface area contributed by atoms with Gasteiger partial charge in [0.25, 0.3) is 0 Å². The molecule has 0 bridgehead atoms. The van der Waals surface area contributed by atoms with Crippen molar-refractivity contribution in [3.05, 3.63) is 58.1 Å². The quantitative estimate of drug-likeness (QED) is 0.349. The van der Waals surface area contributed by atoms with Crippen LogP contribution < -0.4 is 4.74 Å². The van der Waals surface area contributed by atoms with Crippen LogP contribution in [0.1, 0.15) is 48.6 Å². The number of rotatable bonds is 4. The zero-order valence-corrected chi connectivity index (χ0v) is 19.2.